The summed E-state index contributed by atoms with van der Waals surface area (Å²) in [6, 6.07) is 0.0298. The average Bonchev–Trinajstić information content (AvgIpc) is 3.02. The number of carbonyl (C=O) groups excluding carboxylic acids is 1. The first kappa shape index (κ1) is 17.1. The number of hydrogen-bond donors (Lipinski definition) is 2. The summed E-state index contributed by atoms with van der Waals surface area (Å²) in [6.07, 6.45) is 1.61. The molecule has 1 aromatic heterocycles. The standard InChI is InChI=1S/C12H21N5O3S2/c1-17(9-4-7-22(19,20)8-9)6-3-10(18)14-5-2-11-15-16-12(13)21-11/h9H,2-8H2,1H3,(H2,13,16)(H,14,18)/t9-/m1/s1. The monoisotopic (exact) mass is 347 g/mol. The second-order valence-corrected chi connectivity index (χ2v) is 8.74. The van der Waals surface area contributed by atoms with Crippen LogP contribution >= 0.6 is 11.3 Å². The van der Waals surface area contributed by atoms with E-state index < -0.39 is 9.84 Å². The van der Waals surface area contributed by atoms with Crippen LogP contribution in [-0.4, -0.2) is 67.1 Å². The molecule has 1 aliphatic heterocycles. The van der Waals surface area contributed by atoms with E-state index in [1.54, 1.807) is 0 Å². The molecule has 1 saturated heterocycles. The third kappa shape index (κ3) is 5.18. The third-order valence-corrected chi connectivity index (χ3v) is 6.23. The molecule has 0 saturated carbocycles. The molecule has 1 atom stereocenters. The lowest BCUT2D eigenvalue weighted by molar-refractivity contribution is -0.121. The summed E-state index contributed by atoms with van der Waals surface area (Å²) in [4.78, 5) is 13.7. The Bertz CT molecular complexity index is 616. The molecule has 0 aromatic carbocycles. The number of nitrogen functional groups attached to an aromatic ring is 1. The van der Waals surface area contributed by atoms with E-state index in [9.17, 15) is 13.2 Å². The number of nitrogens with two attached hydrogens (primary N) is 1. The molecule has 0 radical (unpaired) electrons. The van der Waals surface area contributed by atoms with Crippen molar-refractivity contribution in [1.29, 1.82) is 0 Å². The summed E-state index contributed by atoms with van der Waals surface area (Å²) in [5.41, 5.74) is 5.48. The zero-order valence-corrected chi connectivity index (χ0v) is 14.1. The van der Waals surface area contributed by atoms with Crippen molar-refractivity contribution >= 4 is 32.2 Å². The van der Waals surface area contributed by atoms with Crippen LogP contribution in [0.2, 0.25) is 0 Å². The van der Waals surface area contributed by atoms with E-state index >= 15 is 0 Å². The van der Waals surface area contributed by atoms with Gasteiger partial charge in [0.15, 0.2) is 9.84 Å². The highest BCUT2D eigenvalue weighted by Gasteiger charge is 2.30. The van der Waals surface area contributed by atoms with Crippen LogP contribution in [0, 0.1) is 0 Å². The zero-order chi connectivity index (χ0) is 16.2. The second kappa shape index (κ2) is 7.34. The third-order valence-electron chi connectivity index (χ3n) is 3.67. The Labute approximate surface area is 134 Å². The van der Waals surface area contributed by atoms with Crippen molar-refractivity contribution in [3.8, 4) is 0 Å². The molecule has 1 aromatic rings. The van der Waals surface area contributed by atoms with Crippen molar-refractivity contribution < 1.29 is 13.2 Å². The number of rotatable bonds is 7. The van der Waals surface area contributed by atoms with Gasteiger partial charge in [0.05, 0.1) is 11.5 Å². The molecule has 8 nitrogen and oxygen atoms in total. The van der Waals surface area contributed by atoms with Gasteiger partial charge in [0.1, 0.15) is 5.01 Å². The number of nitrogens with one attached hydrogen (secondary N) is 1. The lowest BCUT2D eigenvalue weighted by Crippen LogP contribution is -2.36. The average molecular weight is 347 g/mol. The smallest absolute Gasteiger partial charge is 0.221 e. The molecule has 1 amide bonds. The molecule has 22 heavy (non-hydrogen) atoms. The van der Waals surface area contributed by atoms with Gasteiger partial charge in [-0.05, 0) is 13.5 Å². The molecule has 0 bridgehead atoms. The minimum atomic E-state index is -2.89. The van der Waals surface area contributed by atoms with Gasteiger partial charge in [0.25, 0.3) is 0 Å². The van der Waals surface area contributed by atoms with Gasteiger partial charge >= 0.3 is 0 Å². The number of amides is 1. The molecule has 124 valence electrons. The van der Waals surface area contributed by atoms with E-state index in [0.717, 1.165) is 5.01 Å². The highest BCUT2D eigenvalue weighted by Crippen LogP contribution is 2.16. The van der Waals surface area contributed by atoms with Crippen LogP contribution < -0.4 is 11.1 Å². The Morgan fingerprint density at radius 3 is 2.86 bits per heavy atom. The Morgan fingerprint density at radius 2 is 2.27 bits per heavy atom. The van der Waals surface area contributed by atoms with Gasteiger partial charge in [-0.1, -0.05) is 11.3 Å². The molecule has 1 aliphatic rings. The molecular formula is C12H21N5O3S2. The van der Waals surface area contributed by atoms with Gasteiger partial charge in [0, 0.05) is 32.0 Å². The van der Waals surface area contributed by atoms with Gasteiger partial charge in [0.2, 0.25) is 11.0 Å². The first-order chi connectivity index (χ1) is 10.4. The van der Waals surface area contributed by atoms with Crippen LogP contribution in [0.1, 0.15) is 17.8 Å². The Hall–Kier alpha value is -1.26. The summed E-state index contributed by atoms with van der Waals surface area (Å²) in [6.45, 7) is 1.05. The molecule has 0 unspecified atom stereocenters. The van der Waals surface area contributed by atoms with Crippen molar-refractivity contribution in [2.75, 3.05) is 37.4 Å². The predicted octanol–water partition coefficient (Wildman–Crippen LogP) is -0.712. The summed E-state index contributed by atoms with van der Waals surface area (Å²) >= 11 is 1.31. The van der Waals surface area contributed by atoms with Crippen LogP contribution in [0.4, 0.5) is 5.13 Å². The summed E-state index contributed by atoms with van der Waals surface area (Å²) in [5, 5.41) is 11.6. The maximum absolute atomic E-state index is 11.8. The van der Waals surface area contributed by atoms with E-state index in [0.29, 0.717) is 37.5 Å². The van der Waals surface area contributed by atoms with E-state index in [4.69, 9.17) is 5.73 Å². The fourth-order valence-electron chi connectivity index (χ4n) is 2.35. The van der Waals surface area contributed by atoms with E-state index in [1.165, 1.54) is 11.3 Å². The maximum atomic E-state index is 11.8. The van der Waals surface area contributed by atoms with Crippen molar-refractivity contribution in [2.24, 2.45) is 0 Å². The van der Waals surface area contributed by atoms with Gasteiger partial charge in [-0.3, -0.25) is 4.79 Å². The molecule has 3 N–H and O–H groups in total. The summed E-state index contributed by atoms with van der Waals surface area (Å²) in [5.74, 6) is 0.396. The number of aromatic nitrogens is 2. The lowest BCUT2D eigenvalue weighted by atomic mass is 10.2. The summed E-state index contributed by atoms with van der Waals surface area (Å²) in [7, 11) is -1.02. The van der Waals surface area contributed by atoms with Crippen molar-refractivity contribution in [1.82, 2.24) is 20.4 Å². The van der Waals surface area contributed by atoms with Gasteiger partial charge in [-0.2, -0.15) is 0 Å². The van der Waals surface area contributed by atoms with Gasteiger partial charge in [-0.25, -0.2) is 8.42 Å². The second-order valence-electron chi connectivity index (χ2n) is 5.42. The largest absolute Gasteiger partial charge is 0.374 e. The number of anilines is 1. The maximum Gasteiger partial charge on any atom is 0.221 e. The van der Waals surface area contributed by atoms with Crippen molar-refractivity contribution in [2.45, 2.75) is 25.3 Å². The first-order valence-corrected chi connectivity index (χ1v) is 9.75. The molecule has 0 spiro atoms. The van der Waals surface area contributed by atoms with Gasteiger partial charge in [-0.15, -0.1) is 10.2 Å². The van der Waals surface area contributed by atoms with E-state index in [2.05, 4.69) is 15.5 Å². The molecule has 2 heterocycles. The minimum absolute atomic E-state index is 0.0298. The quantitative estimate of drug-likeness (QED) is 0.669. The molecular weight excluding hydrogens is 326 g/mol. The van der Waals surface area contributed by atoms with Crippen LogP contribution in [-0.2, 0) is 21.1 Å². The Balaban J connectivity index is 1.63. The molecule has 0 aliphatic carbocycles. The zero-order valence-electron chi connectivity index (χ0n) is 12.5. The van der Waals surface area contributed by atoms with E-state index in [1.807, 2.05) is 11.9 Å². The van der Waals surface area contributed by atoms with Crippen LogP contribution in [0.3, 0.4) is 0 Å². The van der Waals surface area contributed by atoms with Crippen LogP contribution in [0.25, 0.3) is 0 Å². The Kier molecular flexibility index (Phi) is 5.70. The predicted molar refractivity (Wildman–Crippen MR) is 85.3 cm³/mol. The topological polar surface area (TPSA) is 118 Å². The highest BCUT2D eigenvalue weighted by molar-refractivity contribution is 7.91. The number of sulfone groups is 1. The highest BCUT2D eigenvalue weighted by atomic mass is 32.2. The van der Waals surface area contributed by atoms with Gasteiger partial charge < -0.3 is 16.0 Å². The first-order valence-electron chi connectivity index (χ1n) is 7.11. The van der Waals surface area contributed by atoms with Crippen molar-refractivity contribution in [3.63, 3.8) is 0 Å². The fourth-order valence-corrected chi connectivity index (χ4v) is 4.76. The minimum Gasteiger partial charge on any atom is -0.374 e. The molecule has 2 rings (SSSR count). The Morgan fingerprint density at radius 1 is 1.50 bits per heavy atom. The van der Waals surface area contributed by atoms with Crippen molar-refractivity contribution in [3.05, 3.63) is 5.01 Å². The number of nitrogens with zero attached hydrogens (tertiary/aromatic N) is 3. The molecule has 10 heteroatoms. The summed E-state index contributed by atoms with van der Waals surface area (Å²) < 4.78 is 22.9. The lowest BCUT2D eigenvalue weighted by Gasteiger charge is -2.22. The SMILES string of the molecule is CN(CCC(=O)NCCc1nnc(N)s1)[C@@H]1CCS(=O)(=O)C1. The molecule has 1 fully saturated rings. The van der Waals surface area contributed by atoms with Crippen LogP contribution in [0.5, 0.6) is 0 Å². The fraction of sp³-hybridized carbons (Fsp3) is 0.750. The van der Waals surface area contributed by atoms with E-state index in [-0.39, 0.29) is 23.5 Å². The number of carbonyl (C=O) groups is 1. The number of hydrogen-bond acceptors (Lipinski definition) is 8. The van der Waals surface area contributed by atoms with Crippen LogP contribution in [0.15, 0.2) is 0 Å². The normalized spacial score (nSPS) is 20.4.